The molecule has 0 aromatic carbocycles. The predicted octanol–water partition coefficient (Wildman–Crippen LogP) is 2.25. The first-order valence-electron chi connectivity index (χ1n) is 4.49. The molecule has 0 saturated carbocycles. The van der Waals surface area contributed by atoms with Crippen LogP contribution in [0.2, 0.25) is 0 Å². The highest BCUT2D eigenvalue weighted by atomic mass is 19.4. The van der Waals surface area contributed by atoms with Crippen LogP contribution in [-0.2, 0) is 4.65 Å². The van der Waals surface area contributed by atoms with Gasteiger partial charge in [-0.15, -0.1) is 0 Å². The van der Waals surface area contributed by atoms with Gasteiger partial charge in [0.2, 0.25) is 0 Å². The molecule has 1 N–H and O–H groups in total. The summed E-state index contributed by atoms with van der Waals surface area (Å²) in [6.07, 6.45) is -4.72. The van der Waals surface area contributed by atoms with Gasteiger partial charge < -0.3 is 9.76 Å². The molecule has 0 aromatic rings. The van der Waals surface area contributed by atoms with Crippen LogP contribution in [0.15, 0.2) is 12.1 Å². The smallest absolute Gasteiger partial charge is 0.406 e. The fraction of sp³-hybridized carbons (Fsp3) is 0.778. The molecule has 0 aromatic heterocycles. The Labute approximate surface area is 88.4 Å². The van der Waals surface area contributed by atoms with E-state index in [4.69, 9.17) is 4.65 Å². The Morgan fingerprint density at radius 3 is 2.27 bits per heavy atom. The Morgan fingerprint density at radius 1 is 1.47 bits per heavy atom. The van der Waals surface area contributed by atoms with E-state index in [2.05, 4.69) is 6.58 Å². The summed E-state index contributed by atoms with van der Waals surface area (Å²) in [5.41, 5.74) is -2.00. The van der Waals surface area contributed by atoms with Crippen molar-refractivity contribution in [2.24, 2.45) is 0 Å². The average Bonchev–Trinajstić information content (AvgIpc) is 1.94. The third kappa shape index (κ3) is 7.44. The highest BCUT2D eigenvalue weighted by Crippen LogP contribution is 2.23. The summed E-state index contributed by atoms with van der Waals surface area (Å²) in [4.78, 5) is 0. The van der Waals surface area contributed by atoms with Crippen LogP contribution in [0.5, 0.6) is 0 Å². The fourth-order valence-corrected chi connectivity index (χ4v) is 1.02. The number of halogens is 3. The van der Waals surface area contributed by atoms with Gasteiger partial charge in [-0.3, -0.25) is 0 Å². The lowest BCUT2D eigenvalue weighted by Crippen LogP contribution is -2.29. The van der Waals surface area contributed by atoms with Gasteiger partial charge in [0.15, 0.2) is 0 Å². The van der Waals surface area contributed by atoms with Gasteiger partial charge in [-0.05, 0) is 27.2 Å². The molecule has 15 heavy (non-hydrogen) atoms. The van der Waals surface area contributed by atoms with Crippen LogP contribution in [0.4, 0.5) is 13.2 Å². The normalized spacial score (nSPS) is 14.9. The lowest BCUT2D eigenvalue weighted by Gasteiger charge is -2.22. The Bertz CT molecular complexity index is 220. The number of allylic oxidation sites excluding steroid dienone is 1. The van der Waals surface area contributed by atoms with Crippen molar-refractivity contribution < 1.29 is 22.9 Å². The first-order chi connectivity index (χ1) is 6.52. The molecule has 0 amide bonds. The van der Waals surface area contributed by atoms with Crippen molar-refractivity contribution in [2.75, 3.05) is 0 Å². The lowest BCUT2D eigenvalue weighted by molar-refractivity contribution is -0.0860. The summed E-state index contributed by atoms with van der Waals surface area (Å²) in [6.45, 7) is 7.53. The molecule has 87 valence electrons. The summed E-state index contributed by atoms with van der Waals surface area (Å²) in [7, 11) is 0.580. The molecule has 0 rings (SSSR count). The van der Waals surface area contributed by atoms with Crippen molar-refractivity contribution in [3.63, 3.8) is 0 Å². The molecule has 0 aliphatic rings. The van der Waals surface area contributed by atoms with E-state index in [0.29, 0.717) is 7.48 Å². The van der Waals surface area contributed by atoms with Gasteiger partial charge in [0.25, 0.3) is 0 Å². The zero-order valence-electron chi connectivity index (χ0n) is 9.06. The Kier molecular flexibility index (Phi) is 4.87. The van der Waals surface area contributed by atoms with Gasteiger partial charge in [-0.25, -0.2) is 0 Å². The number of alkyl halides is 3. The number of rotatable bonds is 5. The van der Waals surface area contributed by atoms with Crippen molar-refractivity contribution in [1.29, 1.82) is 0 Å². The summed E-state index contributed by atoms with van der Waals surface area (Å²) < 4.78 is 40.7. The number of hydrogen-bond acceptors (Lipinski definition) is 2. The van der Waals surface area contributed by atoms with Gasteiger partial charge in [0, 0.05) is 11.6 Å². The maximum atomic E-state index is 12.0. The van der Waals surface area contributed by atoms with E-state index in [1.54, 1.807) is 20.8 Å². The van der Waals surface area contributed by atoms with E-state index in [-0.39, 0.29) is 6.42 Å². The minimum atomic E-state index is -4.46. The van der Waals surface area contributed by atoms with Gasteiger partial charge in [0.05, 0.1) is 5.60 Å². The van der Waals surface area contributed by atoms with Crippen molar-refractivity contribution in [1.82, 2.24) is 0 Å². The molecule has 1 atom stereocenters. The van der Waals surface area contributed by atoms with Crippen LogP contribution >= 0.6 is 0 Å². The molecule has 1 radical (unpaired) electrons. The van der Waals surface area contributed by atoms with Crippen LogP contribution < -0.4 is 0 Å². The summed E-state index contributed by atoms with van der Waals surface area (Å²) >= 11 is 0. The first-order valence-corrected chi connectivity index (χ1v) is 4.49. The quantitative estimate of drug-likeness (QED) is 0.724. The number of aliphatic hydroxyl groups is 1. The van der Waals surface area contributed by atoms with Crippen LogP contribution in [0.25, 0.3) is 0 Å². The largest absolute Gasteiger partial charge is 0.432 e. The van der Waals surface area contributed by atoms with Crippen molar-refractivity contribution in [3.05, 3.63) is 12.1 Å². The van der Waals surface area contributed by atoms with Crippen molar-refractivity contribution >= 4 is 7.48 Å². The summed E-state index contributed by atoms with van der Waals surface area (Å²) in [5, 5.41) is 9.37. The highest BCUT2D eigenvalue weighted by Gasteiger charge is 2.33. The minimum Gasteiger partial charge on any atom is -0.432 e. The lowest BCUT2D eigenvalue weighted by atomic mass is 9.87. The molecule has 0 aliphatic carbocycles. The molecule has 0 heterocycles. The predicted molar refractivity (Wildman–Crippen MR) is 52.4 cm³/mol. The molecule has 0 bridgehead atoms. The number of hydrogen-bond donors (Lipinski definition) is 1. The summed E-state index contributed by atoms with van der Waals surface area (Å²) in [5.74, 6) is 0. The van der Waals surface area contributed by atoms with Gasteiger partial charge in [0.1, 0.15) is 0 Å². The zero-order chi connectivity index (χ0) is 12.3. The highest BCUT2D eigenvalue weighted by molar-refractivity contribution is 6.38. The Hall–Kier alpha value is -0.485. The topological polar surface area (TPSA) is 29.5 Å². The Balaban J connectivity index is 3.92. The maximum Gasteiger partial charge on any atom is 0.406 e. The minimum absolute atomic E-state index is 0.245. The fourth-order valence-electron chi connectivity index (χ4n) is 1.02. The Morgan fingerprint density at radius 2 is 1.93 bits per heavy atom. The van der Waals surface area contributed by atoms with Gasteiger partial charge in [-0.1, -0.05) is 6.58 Å². The second-order valence-corrected chi connectivity index (χ2v) is 4.10. The van der Waals surface area contributed by atoms with Crippen LogP contribution in [0, 0.1) is 0 Å². The van der Waals surface area contributed by atoms with Crippen molar-refractivity contribution in [3.8, 4) is 0 Å². The molecular formula is C9H15BF3O2. The van der Waals surface area contributed by atoms with Crippen LogP contribution in [0.1, 0.15) is 27.2 Å². The van der Waals surface area contributed by atoms with E-state index < -0.39 is 23.4 Å². The average molecular weight is 223 g/mol. The third-order valence-corrected chi connectivity index (χ3v) is 1.59. The van der Waals surface area contributed by atoms with E-state index in [1.165, 1.54) is 0 Å². The zero-order valence-corrected chi connectivity index (χ0v) is 9.06. The third-order valence-electron chi connectivity index (χ3n) is 1.59. The summed E-state index contributed by atoms with van der Waals surface area (Å²) in [6, 6.07) is 0. The SMILES string of the molecule is C=C([B]OC(C)CC(C)(C)O)C(F)(F)F. The second kappa shape index (κ2) is 5.03. The van der Waals surface area contributed by atoms with Crippen LogP contribution in [0.3, 0.4) is 0 Å². The molecule has 2 nitrogen and oxygen atoms in total. The standard InChI is InChI=1S/C9H15BF3O2/c1-6(5-8(3,4)14)15-10-7(2)9(11,12)13/h6,14H,2,5H2,1,3-4H3. The van der Waals surface area contributed by atoms with E-state index in [1.807, 2.05) is 0 Å². The molecule has 1 unspecified atom stereocenters. The molecule has 0 fully saturated rings. The molecular weight excluding hydrogens is 208 g/mol. The van der Waals surface area contributed by atoms with Gasteiger partial charge in [-0.2, -0.15) is 13.2 Å². The molecule has 0 saturated heterocycles. The van der Waals surface area contributed by atoms with Gasteiger partial charge >= 0.3 is 13.7 Å². The monoisotopic (exact) mass is 223 g/mol. The molecule has 6 heteroatoms. The second-order valence-electron chi connectivity index (χ2n) is 4.10. The van der Waals surface area contributed by atoms with E-state index in [9.17, 15) is 18.3 Å². The maximum absolute atomic E-state index is 12.0. The first kappa shape index (κ1) is 14.5. The van der Waals surface area contributed by atoms with E-state index >= 15 is 0 Å². The van der Waals surface area contributed by atoms with E-state index in [0.717, 1.165) is 0 Å². The molecule has 0 aliphatic heterocycles. The molecule has 0 spiro atoms. The van der Waals surface area contributed by atoms with Crippen molar-refractivity contribution in [2.45, 2.75) is 45.1 Å². The van der Waals surface area contributed by atoms with Crippen LogP contribution in [-0.4, -0.2) is 30.5 Å².